The van der Waals surface area contributed by atoms with Crippen LogP contribution in [-0.2, 0) is 9.59 Å². The van der Waals surface area contributed by atoms with Gasteiger partial charge in [-0.1, -0.05) is 6.07 Å². The first-order chi connectivity index (χ1) is 11.0. The summed E-state index contributed by atoms with van der Waals surface area (Å²) in [5.74, 6) is -0.500. The molecule has 120 valence electrons. The summed E-state index contributed by atoms with van der Waals surface area (Å²) in [6, 6.07) is 9.37. The molecule has 1 aromatic heterocycles. The molecule has 0 saturated carbocycles. The van der Waals surface area contributed by atoms with Crippen molar-refractivity contribution in [3.05, 3.63) is 53.3 Å². The van der Waals surface area contributed by atoms with Crippen molar-refractivity contribution in [3.8, 4) is 0 Å². The minimum absolute atomic E-state index is 0.0821. The first-order valence-electron chi connectivity index (χ1n) is 7.37. The Balaban J connectivity index is 1.73. The van der Waals surface area contributed by atoms with E-state index in [9.17, 15) is 9.59 Å². The summed E-state index contributed by atoms with van der Waals surface area (Å²) in [6.45, 7) is 4.00. The van der Waals surface area contributed by atoms with E-state index in [2.05, 4.69) is 20.8 Å². The number of carbonyl (C=O) groups excluding carboxylic acids is 2. The number of nitrogens with one attached hydrogen (secondary N) is 3. The Labute approximate surface area is 135 Å². The minimum Gasteiger partial charge on any atom is -0.360 e. The van der Waals surface area contributed by atoms with E-state index in [0.717, 1.165) is 16.9 Å². The van der Waals surface area contributed by atoms with Crippen LogP contribution < -0.4 is 10.7 Å². The highest BCUT2D eigenvalue weighted by atomic mass is 16.2. The molecule has 1 heterocycles. The van der Waals surface area contributed by atoms with E-state index in [1.54, 1.807) is 6.20 Å². The fourth-order valence-electron chi connectivity index (χ4n) is 1.92. The van der Waals surface area contributed by atoms with E-state index in [1.807, 2.05) is 44.2 Å². The molecule has 0 bridgehead atoms. The summed E-state index contributed by atoms with van der Waals surface area (Å²) in [4.78, 5) is 26.4. The topological polar surface area (TPSA) is 86.3 Å². The molecule has 0 aliphatic heterocycles. The third-order valence-electron chi connectivity index (χ3n) is 3.38. The first-order valence-corrected chi connectivity index (χ1v) is 7.37. The molecule has 0 aliphatic rings. The molecule has 0 aliphatic carbocycles. The van der Waals surface area contributed by atoms with Gasteiger partial charge in [-0.25, -0.2) is 5.43 Å². The van der Waals surface area contributed by atoms with Crippen LogP contribution in [0.1, 0.15) is 29.7 Å². The fourth-order valence-corrected chi connectivity index (χ4v) is 1.92. The highest BCUT2D eigenvalue weighted by molar-refractivity contribution is 5.93. The van der Waals surface area contributed by atoms with E-state index in [-0.39, 0.29) is 24.7 Å². The van der Waals surface area contributed by atoms with Crippen LogP contribution in [0, 0.1) is 13.8 Å². The lowest BCUT2D eigenvalue weighted by molar-refractivity contribution is -0.124. The zero-order valence-electron chi connectivity index (χ0n) is 13.2. The molecule has 1 aromatic carbocycles. The largest absolute Gasteiger partial charge is 0.360 e. The minimum atomic E-state index is -0.303. The summed E-state index contributed by atoms with van der Waals surface area (Å²) in [5.41, 5.74) is 6.20. The zero-order valence-corrected chi connectivity index (χ0v) is 13.2. The summed E-state index contributed by atoms with van der Waals surface area (Å²) in [7, 11) is 0. The lowest BCUT2D eigenvalue weighted by Gasteiger charge is -2.07. The predicted octanol–water partition coefficient (Wildman–Crippen LogP) is 2.50. The van der Waals surface area contributed by atoms with E-state index >= 15 is 0 Å². The standard InChI is InChI=1S/C17H20N4O2/c1-12-5-6-14(10-13(12)2)20-16(22)7-8-17(23)21-19-11-15-4-3-9-18-15/h3-6,9-11,18H,7-8H2,1-2H3,(H,20,22)(H,21,23)/b19-11+. The van der Waals surface area contributed by atoms with Crippen LogP contribution in [0.25, 0.3) is 0 Å². The van der Waals surface area contributed by atoms with Gasteiger partial charge in [0.15, 0.2) is 0 Å². The van der Waals surface area contributed by atoms with Crippen LogP contribution in [0.15, 0.2) is 41.6 Å². The summed E-state index contributed by atoms with van der Waals surface area (Å²) >= 11 is 0. The number of aromatic nitrogens is 1. The Bertz CT molecular complexity index is 705. The summed E-state index contributed by atoms with van der Waals surface area (Å²) in [6.07, 6.45) is 3.46. The number of nitrogens with zero attached hydrogens (tertiary/aromatic N) is 1. The van der Waals surface area contributed by atoms with Crippen LogP contribution in [0.3, 0.4) is 0 Å². The maximum Gasteiger partial charge on any atom is 0.240 e. The summed E-state index contributed by atoms with van der Waals surface area (Å²) in [5, 5.41) is 6.59. The molecule has 3 N–H and O–H groups in total. The number of benzene rings is 1. The maximum absolute atomic E-state index is 11.8. The number of hydrogen-bond acceptors (Lipinski definition) is 3. The lowest BCUT2D eigenvalue weighted by Crippen LogP contribution is -2.20. The van der Waals surface area contributed by atoms with Gasteiger partial charge in [0.1, 0.15) is 0 Å². The molecule has 0 saturated heterocycles. The second-order valence-corrected chi connectivity index (χ2v) is 5.27. The van der Waals surface area contributed by atoms with Crippen LogP contribution >= 0.6 is 0 Å². The Morgan fingerprint density at radius 3 is 2.61 bits per heavy atom. The second kappa shape index (κ2) is 7.93. The van der Waals surface area contributed by atoms with E-state index in [1.165, 1.54) is 11.8 Å². The molecule has 0 fully saturated rings. The van der Waals surface area contributed by atoms with Crippen LogP contribution in [-0.4, -0.2) is 23.0 Å². The molecule has 0 atom stereocenters. The van der Waals surface area contributed by atoms with Gasteiger partial charge in [0.05, 0.1) is 11.9 Å². The molecular weight excluding hydrogens is 292 g/mol. The van der Waals surface area contributed by atoms with E-state index in [4.69, 9.17) is 0 Å². The highest BCUT2D eigenvalue weighted by Gasteiger charge is 2.07. The average molecular weight is 312 g/mol. The third kappa shape index (κ3) is 5.43. The Morgan fingerprint density at radius 1 is 1.13 bits per heavy atom. The van der Waals surface area contributed by atoms with E-state index < -0.39 is 0 Å². The quantitative estimate of drug-likeness (QED) is 0.565. The number of hydrogen-bond donors (Lipinski definition) is 3. The third-order valence-corrected chi connectivity index (χ3v) is 3.38. The summed E-state index contributed by atoms with van der Waals surface area (Å²) < 4.78 is 0. The maximum atomic E-state index is 11.8. The molecule has 0 unspecified atom stereocenters. The Kier molecular flexibility index (Phi) is 5.68. The molecular formula is C17H20N4O2. The van der Waals surface area contributed by atoms with Gasteiger partial charge in [0, 0.05) is 24.7 Å². The van der Waals surface area contributed by atoms with Gasteiger partial charge in [-0.15, -0.1) is 0 Å². The van der Waals surface area contributed by atoms with Gasteiger partial charge in [-0.05, 0) is 49.2 Å². The Morgan fingerprint density at radius 2 is 1.91 bits per heavy atom. The van der Waals surface area contributed by atoms with Crippen LogP contribution in [0.4, 0.5) is 5.69 Å². The van der Waals surface area contributed by atoms with Gasteiger partial charge >= 0.3 is 0 Å². The number of H-pyrrole nitrogens is 1. The van der Waals surface area contributed by atoms with Crippen molar-refractivity contribution in [1.82, 2.24) is 10.4 Å². The number of carbonyl (C=O) groups is 2. The molecule has 2 rings (SSSR count). The number of aryl methyl sites for hydroxylation is 2. The first kappa shape index (κ1) is 16.5. The molecule has 2 amide bonds. The van der Waals surface area contributed by atoms with Gasteiger partial charge in [0.25, 0.3) is 0 Å². The van der Waals surface area contributed by atoms with Gasteiger partial charge in [0.2, 0.25) is 11.8 Å². The fraction of sp³-hybridized carbons (Fsp3) is 0.235. The number of aromatic amines is 1. The number of anilines is 1. The molecule has 6 heteroatoms. The second-order valence-electron chi connectivity index (χ2n) is 5.27. The van der Waals surface area contributed by atoms with Crippen molar-refractivity contribution in [2.75, 3.05) is 5.32 Å². The Hall–Kier alpha value is -2.89. The van der Waals surface area contributed by atoms with Crippen molar-refractivity contribution in [1.29, 1.82) is 0 Å². The van der Waals surface area contributed by atoms with Crippen LogP contribution in [0.5, 0.6) is 0 Å². The highest BCUT2D eigenvalue weighted by Crippen LogP contribution is 2.14. The normalized spacial score (nSPS) is 10.7. The number of amides is 2. The monoisotopic (exact) mass is 312 g/mol. The number of hydrazone groups is 1. The van der Waals surface area contributed by atoms with E-state index in [0.29, 0.717) is 0 Å². The molecule has 2 aromatic rings. The number of rotatable bonds is 6. The van der Waals surface area contributed by atoms with Gasteiger partial charge in [-0.3, -0.25) is 9.59 Å². The average Bonchev–Trinajstić information content (AvgIpc) is 3.02. The van der Waals surface area contributed by atoms with Crippen molar-refractivity contribution >= 4 is 23.7 Å². The van der Waals surface area contributed by atoms with Gasteiger partial charge in [-0.2, -0.15) is 5.10 Å². The SMILES string of the molecule is Cc1ccc(NC(=O)CCC(=O)N/N=C/c2ccc[nH]2)cc1C. The van der Waals surface area contributed by atoms with Crippen molar-refractivity contribution in [2.24, 2.45) is 5.10 Å². The lowest BCUT2D eigenvalue weighted by atomic mass is 10.1. The van der Waals surface area contributed by atoms with Crippen molar-refractivity contribution in [2.45, 2.75) is 26.7 Å². The van der Waals surface area contributed by atoms with Crippen molar-refractivity contribution < 1.29 is 9.59 Å². The molecule has 6 nitrogen and oxygen atoms in total. The molecule has 23 heavy (non-hydrogen) atoms. The zero-order chi connectivity index (χ0) is 16.7. The van der Waals surface area contributed by atoms with Gasteiger partial charge < -0.3 is 10.3 Å². The molecule has 0 spiro atoms. The smallest absolute Gasteiger partial charge is 0.240 e. The van der Waals surface area contributed by atoms with Crippen LogP contribution in [0.2, 0.25) is 0 Å². The van der Waals surface area contributed by atoms with Crippen molar-refractivity contribution in [3.63, 3.8) is 0 Å². The molecule has 0 radical (unpaired) electrons. The predicted molar refractivity (Wildman–Crippen MR) is 90.3 cm³/mol.